The molecule has 9 nitrogen and oxygen atoms in total. The van der Waals surface area contributed by atoms with Crippen LogP contribution in [0.25, 0.3) is 17.4 Å². The molecule has 1 saturated carbocycles. The molecule has 4 amide bonds. The lowest BCUT2D eigenvalue weighted by Gasteiger charge is -2.35. The summed E-state index contributed by atoms with van der Waals surface area (Å²) in [5.41, 5.74) is 0.415. The van der Waals surface area contributed by atoms with Gasteiger partial charge in [0.15, 0.2) is 0 Å². The molecule has 1 saturated heterocycles. The largest absolute Gasteiger partial charge is 0.457 e. The fraction of sp³-hybridized carbons (Fsp3) is 0.286. The first-order valence-corrected chi connectivity index (χ1v) is 9.69. The summed E-state index contributed by atoms with van der Waals surface area (Å²) in [6.45, 7) is 0. The van der Waals surface area contributed by atoms with Gasteiger partial charge in [-0.1, -0.05) is 19.3 Å². The number of hydrogen-bond acceptors (Lipinski definition) is 6. The Morgan fingerprint density at radius 1 is 1.03 bits per heavy atom. The summed E-state index contributed by atoms with van der Waals surface area (Å²) in [5.74, 6) is -0.685. The van der Waals surface area contributed by atoms with E-state index in [-0.39, 0.29) is 23.1 Å². The van der Waals surface area contributed by atoms with E-state index in [1.807, 2.05) is 0 Å². The molecule has 2 aromatic rings. The minimum absolute atomic E-state index is 0.0374. The maximum Gasteiger partial charge on any atom is 0.331 e. The van der Waals surface area contributed by atoms with Crippen LogP contribution in [0.15, 0.2) is 46.4 Å². The van der Waals surface area contributed by atoms with E-state index in [0.717, 1.165) is 37.0 Å². The first kappa shape index (κ1) is 19.6. The Kier molecular flexibility index (Phi) is 5.18. The lowest BCUT2D eigenvalue weighted by atomic mass is 9.93. The van der Waals surface area contributed by atoms with Crippen molar-refractivity contribution >= 4 is 29.6 Å². The maximum absolute atomic E-state index is 12.9. The minimum Gasteiger partial charge on any atom is -0.457 e. The first-order valence-electron chi connectivity index (χ1n) is 9.69. The van der Waals surface area contributed by atoms with E-state index >= 15 is 0 Å². The van der Waals surface area contributed by atoms with E-state index < -0.39 is 22.8 Å². The number of urea groups is 1. The molecule has 1 aliphatic carbocycles. The molecule has 2 fully saturated rings. The quantitative estimate of drug-likeness (QED) is 0.356. The van der Waals surface area contributed by atoms with Crippen molar-refractivity contribution < 1.29 is 23.7 Å². The summed E-state index contributed by atoms with van der Waals surface area (Å²) in [7, 11) is 0. The van der Waals surface area contributed by atoms with Crippen molar-refractivity contribution in [2.75, 3.05) is 0 Å². The molecule has 2 aliphatic rings. The number of imide groups is 2. The molecule has 30 heavy (non-hydrogen) atoms. The lowest BCUT2D eigenvalue weighted by Crippen LogP contribution is -2.58. The molecule has 0 atom stereocenters. The zero-order chi connectivity index (χ0) is 21.3. The Balaban J connectivity index is 1.59. The molecule has 1 N–H and O–H groups in total. The first-order chi connectivity index (χ1) is 14.4. The lowest BCUT2D eigenvalue weighted by molar-refractivity contribution is -0.384. The summed E-state index contributed by atoms with van der Waals surface area (Å²) >= 11 is 0. The van der Waals surface area contributed by atoms with Crippen molar-refractivity contribution in [3.63, 3.8) is 0 Å². The third-order valence-electron chi connectivity index (χ3n) is 5.35. The van der Waals surface area contributed by atoms with Gasteiger partial charge in [0.05, 0.1) is 4.92 Å². The number of non-ortho nitro benzene ring substituents is 1. The van der Waals surface area contributed by atoms with Crippen LogP contribution < -0.4 is 5.32 Å². The van der Waals surface area contributed by atoms with Gasteiger partial charge in [0.25, 0.3) is 17.5 Å². The molecule has 2 heterocycles. The highest BCUT2D eigenvalue weighted by Gasteiger charge is 2.40. The monoisotopic (exact) mass is 409 g/mol. The number of furan rings is 1. The van der Waals surface area contributed by atoms with Crippen LogP contribution in [0.4, 0.5) is 10.5 Å². The highest BCUT2D eigenvalue weighted by Crippen LogP contribution is 2.28. The van der Waals surface area contributed by atoms with Gasteiger partial charge in [-0.3, -0.25) is 29.9 Å². The van der Waals surface area contributed by atoms with Gasteiger partial charge < -0.3 is 4.42 Å². The molecule has 4 rings (SSSR count). The second kappa shape index (κ2) is 7.94. The number of nitro groups is 1. The van der Waals surface area contributed by atoms with E-state index in [2.05, 4.69) is 5.32 Å². The number of carbonyl (C=O) groups is 3. The van der Waals surface area contributed by atoms with Crippen LogP contribution in [0.2, 0.25) is 0 Å². The third kappa shape index (κ3) is 3.73. The Morgan fingerprint density at radius 2 is 1.73 bits per heavy atom. The van der Waals surface area contributed by atoms with E-state index in [1.54, 1.807) is 24.3 Å². The molecule has 1 aromatic carbocycles. The highest BCUT2D eigenvalue weighted by atomic mass is 16.6. The summed E-state index contributed by atoms with van der Waals surface area (Å²) in [6, 6.07) is 8.17. The van der Waals surface area contributed by atoms with Crippen molar-refractivity contribution in [1.82, 2.24) is 10.2 Å². The number of amides is 4. The number of nitrogens with zero attached hydrogens (tertiary/aromatic N) is 2. The molecule has 154 valence electrons. The number of barbiturate groups is 1. The van der Waals surface area contributed by atoms with Crippen molar-refractivity contribution in [2.45, 2.75) is 38.1 Å². The van der Waals surface area contributed by atoms with Gasteiger partial charge in [0.1, 0.15) is 17.1 Å². The van der Waals surface area contributed by atoms with Crippen LogP contribution in [0.5, 0.6) is 0 Å². The number of nitrogens with one attached hydrogen (secondary N) is 1. The van der Waals surface area contributed by atoms with Gasteiger partial charge in [-0.2, -0.15) is 0 Å². The molecule has 0 radical (unpaired) electrons. The Labute approximate surface area is 171 Å². The molecule has 1 aliphatic heterocycles. The topological polar surface area (TPSA) is 123 Å². The van der Waals surface area contributed by atoms with Crippen LogP contribution in [-0.2, 0) is 9.59 Å². The second-order valence-electron chi connectivity index (χ2n) is 7.29. The maximum atomic E-state index is 12.9. The van der Waals surface area contributed by atoms with Crippen LogP contribution in [0.1, 0.15) is 37.9 Å². The average Bonchev–Trinajstić information content (AvgIpc) is 3.20. The number of benzene rings is 1. The van der Waals surface area contributed by atoms with Crippen LogP contribution in [0, 0.1) is 10.1 Å². The molecule has 0 unspecified atom stereocenters. The number of nitro benzene ring substituents is 1. The SMILES string of the molecule is O=C1NC(=O)N(C2CCCCC2)C(=O)/C1=C\c1ccc(-c2ccc([N+](=O)[O-])cc2)o1. The van der Waals surface area contributed by atoms with E-state index in [9.17, 15) is 24.5 Å². The third-order valence-corrected chi connectivity index (χ3v) is 5.35. The Bertz CT molecular complexity index is 1050. The smallest absolute Gasteiger partial charge is 0.331 e. The van der Waals surface area contributed by atoms with Gasteiger partial charge in [0, 0.05) is 23.7 Å². The number of rotatable bonds is 4. The summed E-state index contributed by atoms with van der Waals surface area (Å²) in [5, 5.41) is 13.0. The molecular weight excluding hydrogens is 390 g/mol. The fourth-order valence-corrected chi connectivity index (χ4v) is 3.82. The van der Waals surface area contributed by atoms with Gasteiger partial charge in [-0.05, 0) is 43.2 Å². The highest BCUT2D eigenvalue weighted by molar-refractivity contribution is 6.31. The van der Waals surface area contributed by atoms with E-state index in [0.29, 0.717) is 11.3 Å². The average molecular weight is 409 g/mol. The van der Waals surface area contributed by atoms with Gasteiger partial charge in [-0.15, -0.1) is 0 Å². The van der Waals surface area contributed by atoms with Crippen LogP contribution in [0.3, 0.4) is 0 Å². The van der Waals surface area contributed by atoms with Gasteiger partial charge >= 0.3 is 6.03 Å². The van der Waals surface area contributed by atoms with Gasteiger partial charge in [0.2, 0.25) is 0 Å². The molecule has 1 aromatic heterocycles. The van der Waals surface area contributed by atoms with Crippen molar-refractivity contribution in [1.29, 1.82) is 0 Å². The standard InChI is InChI=1S/C21H19N3O6/c25-19-17(20(26)23(21(27)22-19)14-4-2-1-3-5-14)12-16-10-11-18(30-16)13-6-8-15(9-7-13)24(28)29/h6-12,14H,1-5H2,(H,22,25,27)/b17-12-. The molecule has 0 spiro atoms. The van der Waals surface area contributed by atoms with E-state index in [4.69, 9.17) is 4.42 Å². The van der Waals surface area contributed by atoms with Crippen molar-refractivity contribution in [2.24, 2.45) is 0 Å². The Morgan fingerprint density at radius 3 is 2.40 bits per heavy atom. The number of carbonyl (C=O) groups excluding carboxylic acids is 3. The summed E-state index contributed by atoms with van der Waals surface area (Å²) < 4.78 is 5.70. The second-order valence-corrected chi connectivity index (χ2v) is 7.29. The normalized spacial score (nSPS) is 19.3. The number of hydrogen-bond donors (Lipinski definition) is 1. The zero-order valence-corrected chi connectivity index (χ0v) is 16.0. The summed E-state index contributed by atoms with van der Waals surface area (Å²) in [6.07, 6.45) is 5.71. The summed E-state index contributed by atoms with van der Waals surface area (Å²) in [4.78, 5) is 48.9. The predicted molar refractivity (Wildman–Crippen MR) is 106 cm³/mol. The minimum atomic E-state index is -0.759. The van der Waals surface area contributed by atoms with Crippen LogP contribution in [-0.4, -0.2) is 33.7 Å². The molecular formula is C21H19N3O6. The fourth-order valence-electron chi connectivity index (χ4n) is 3.82. The zero-order valence-electron chi connectivity index (χ0n) is 16.0. The van der Waals surface area contributed by atoms with Gasteiger partial charge in [-0.25, -0.2) is 4.79 Å². The van der Waals surface area contributed by atoms with Crippen molar-refractivity contribution in [3.05, 3.63) is 57.8 Å². The Hall–Kier alpha value is -3.75. The van der Waals surface area contributed by atoms with Crippen molar-refractivity contribution in [3.8, 4) is 11.3 Å². The van der Waals surface area contributed by atoms with E-state index in [1.165, 1.54) is 18.2 Å². The molecule has 9 heteroatoms. The molecule has 0 bridgehead atoms. The van der Waals surface area contributed by atoms with Crippen LogP contribution >= 0.6 is 0 Å². The predicted octanol–water partition coefficient (Wildman–Crippen LogP) is 3.65.